The van der Waals surface area contributed by atoms with Crippen LogP contribution in [0.1, 0.15) is 0 Å². The summed E-state index contributed by atoms with van der Waals surface area (Å²) in [6.07, 6.45) is 0. The van der Waals surface area contributed by atoms with Crippen LogP contribution in [-0.4, -0.2) is 15.3 Å². The van der Waals surface area contributed by atoms with E-state index >= 15 is 0 Å². The predicted molar refractivity (Wildman–Crippen MR) is 79.6 cm³/mol. The zero-order valence-corrected chi connectivity index (χ0v) is 11.9. The van der Waals surface area contributed by atoms with Crippen molar-refractivity contribution < 1.29 is 9.52 Å². The molecule has 3 aromatic rings. The molecular weight excluding hydrogens is 355 g/mol. The molecule has 5 heteroatoms. The molecule has 0 atom stereocenters. The fourth-order valence-electron chi connectivity index (χ4n) is 1.69. The number of halogens is 1. The van der Waals surface area contributed by atoms with Crippen molar-refractivity contribution in [2.24, 2.45) is 0 Å². The van der Waals surface area contributed by atoms with Gasteiger partial charge in [-0.2, -0.15) is 0 Å². The lowest BCUT2D eigenvalue weighted by molar-refractivity contribution is 0.475. The van der Waals surface area contributed by atoms with E-state index in [0.29, 0.717) is 17.3 Å². The van der Waals surface area contributed by atoms with Gasteiger partial charge in [-0.3, -0.25) is 0 Å². The first-order valence-electron chi connectivity index (χ1n) is 5.61. The lowest BCUT2D eigenvalue weighted by Gasteiger charge is -1.96. The average molecular weight is 364 g/mol. The number of aromatic hydroxyl groups is 1. The first-order valence-corrected chi connectivity index (χ1v) is 6.69. The second kappa shape index (κ2) is 5.00. The number of phenolic OH excluding ortho intramolecular Hbond substituents is 1. The highest BCUT2D eigenvalue weighted by molar-refractivity contribution is 14.1. The van der Waals surface area contributed by atoms with Crippen LogP contribution in [0, 0.1) is 3.57 Å². The van der Waals surface area contributed by atoms with E-state index in [9.17, 15) is 5.11 Å². The van der Waals surface area contributed by atoms with Crippen molar-refractivity contribution in [3.05, 3.63) is 52.1 Å². The maximum absolute atomic E-state index is 9.44. The van der Waals surface area contributed by atoms with E-state index in [-0.39, 0.29) is 5.75 Å². The Morgan fingerprint density at radius 2 is 1.58 bits per heavy atom. The molecule has 94 valence electrons. The molecule has 1 N–H and O–H groups in total. The Kier molecular flexibility index (Phi) is 3.20. The number of hydrogen-bond acceptors (Lipinski definition) is 4. The lowest BCUT2D eigenvalue weighted by atomic mass is 10.2. The van der Waals surface area contributed by atoms with Gasteiger partial charge in [-0.25, -0.2) is 0 Å². The molecule has 0 aliphatic heterocycles. The Bertz CT molecular complexity index is 707. The number of hydrogen-bond donors (Lipinski definition) is 1. The summed E-state index contributed by atoms with van der Waals surface area (Å²) in [5, 5.41) is 17.5. The Morgan fingerprint density at radius 1 is 0.895 bits per heavy atom. The maximum Gasteiger partial charge on any atom is 0.248 e. The molecule has 0 amide bonds. The number of benzene rings is 2. The first kappa shape index (κ1) is 12.2. The molecule has 0 radical (unpaired) electrons. The summed E-state index contributed by atoms with van der Waals surface area (Å²) < 4.78 is 6.76. The molecule has 0 aliphatic rings. The molecule has 3 rings (SSSR count). The van der Waals surface area contributed by atoms with E-state index in [2.05, 4.69) is 32.8 Å². The van der Waals surface area contributed by atoms with Gasteiger partial charge in [0.05, 0.1) is 0 Å². The summed E-state index contributed by atoms with van der Waals surface area (Å²) in [7, 11) is 0. The SMILES string of the molecule is Oc1cccc(-c2nnc(-c3ccc(I)cc3)o2)c1. The maximum atomic E-state index is 9.44. The molecule has 0 fully saturated rings. The van der Waals surface area contributed by atoms with Crippen molar-refractivity contribution in [1.29, 1.82) is 0 Å². The van der Waals surface area contributed by atoms with Crippen molar-refractivity contribution in [1.82, 2.24) is 10.2 Å². The summed E-state index contributed by atoms with van der Waals surface area (Å²) in [5.74, 6) is 1.03. The highest BCUT2D eigenvalue weighted by Gasteiger charge is 2.10. The summed E-state index contributed by atoms with van der Waals surface area (Å²) >= 11 is 2.24. The first-order chi connectivity index (χ1) is 9.22. The zero-order chi connectivity index (χ0) is 13.2. The smallest absolute Gasteiger partial charge is 0.248 e. The Morgan fingerprint density at radius 3 is 2.26 bits per heavy atom. The second-order valence-corrected chi connectivity index (χ2v) is 5.22. The highest BCUT2D eigenvalue weighted by Crippen LogP contribution is 2.26. The van der Waals surface area contributed by atoms with Gasteiger partial charge in [0.25, 0.3) is 0 Å². The number of rotatable bonds is 2. The van der Waals surface area contributed by atoms with Crippen LogP contribution in [0.25, 0.3) is 22.9 Å². The quantitative estimate of drug-likeness (QED) is 0.705. The van der Waals surface area contributed by atoms with Gasteiger partial charge in [-0.1, -0.05) is 6.07 Å². The zero-order valence-electron chi connectivity index (χ0n) is 9.75. The van der Waals surface area contributed by atoms with Crippen molar-refractivity contribution in [3.63, 3.8) is 0 Å². The minimum absolute atomic E-state index is 0.173. The highest BCUT2D eigenvalue weighted by atomic mass is 127. The summed E-state index contributed by atoms with van der Waals surface area (Å²) in [4.78, 5) is 0. The molecule has 0 bridgehead atoms. The van der Waals surface area contributed by atoms with Gasteiger partial charge in [0, 0.05) is 14.7 Å². The number of aromatic nitrogens is 2. The Hall–Kier alpha value is -1.89. The van der Waals surface area contributed by atoms with Crippen molar-refractivity contribution in [2.45, 2.75) is 0 Å². The molecule has 2 aromatic carbocycles. The van der Waals surface area contributed by atoms with Gasteiger partial charge in [0.15, 0.2) is 0 Å². The van der Waals surface area contributed by atoms with Crippen LogP contribution in [-0.2, 0) is 0 Å². The van der Waals surface area contributed by atoms with E-state index in [1.165, 1.54) is 0 Å². The van der Waals surface area contributed by atoms with E-state index in [0.717, 1.165) is 9.13 Å². The fraction of sp³-hybridized carbons (Fsp3) is 0. The summed E-state index contributed by atoms with van der Waals surface area (Å²) in [6, 6.07) is 14.6. The molecule has 0 spiro atoms. The Labute approximate surface area is 123 Å². The molecule has 0 saturated heterocycles. The minimum atomic E-state index is 0.173. The van der Waals surface area contributed by atoms with Gasteiger partial charge in [-0.05, 0) is 65.1 Å². The van der Waals surface area contributed by atoms with Crippen LogP contribution >= 0.6 is 22.6 Å². The van der Waals surface area contributed by atoms with Crippen LogP contribution < -0.4 is 0 Å². The van der Waals surface area contributed by atoms with Crippen molar-refractivity contribution in [3.8, 4) is 28.7 Å². The van der Waals surface area contributed by atoms with Gasteiger partial charge in [0.2, 0.25) is 11.8 Å². The molecular formula is C14H9IN2O2. The largest absolute Gasteiger partial charge is 0.508 e. The van der Waals surface area contributed by atoms with Crippen molar-refractivity contribution in [2.75, 3.05) is 0 Å². The topological polar surface area (TPSA) is 59.2 Å². The second-order valence-electron chi connectivity index (χ2n) is 3.97. The Balaban J connectivity index is 1.97. The van der Waals surface area contributed by atoms with Gasteiger partial charge in [-0.15, -0.1) is 10.2 Å². The van der Waals surface area contributed by atoms with Gasteiger partial charge >= 0.3 is 0 Å². The van der Waals surface area contributed by atoms with E-state index < -0.39 is 0 Å². The molecule has 0 aliphatic carbocycles. The van der Waals surface area contributed by atoms with E-state index in [1.807, 2.05) is 30.3 Å². The molecule has 4 nitrogen and oxygen atoms in total. The molecule has 0 saturated carbocycles. The third-order valence-electron chi connectivity index (χ3n) is 2.61. The van der Waals surface area contributed by atoms with Crippen LogP contribution in [0.2, 0.25) is 0 Å². The van der Waals surface area contributed by atoms with Gasteiger partial charge < -0.3 is 9.52 Å². The van der Waals surface area contributed by atoms with E-state index in [4.69, 9.17) is 4.42 Å². The molecule has 1 heterocycles. The summed E-state index contributed by atoms with van der Waals surface area (Å²) in [5.41, 5.74) is 1.57. The number of nitrogens with zero attached hydrogens (tertiary/aromatic N) is 2. The van der Waals surface area contributed by atoms with Crippen LogP contribution in [0.15, 0.2) is 52.9 Å². The van der Waals surface area contributed by atoms with Crippen molar-refractivity contribution >= 4 is 22.6 Å². The lowest BCUT2D eigenvalue weighted by Crippen LogP contribution is -1.77. The van der Waals surface area contributed by atoms with Gasteiger partial charge in [0.1, 0.15) is 5.75 Å². The standard InChI is InChI=1S/C14H9IN2O2/c15-11-6-4-9(5-7-11)13-16-17-14(19-13)10-2-1-3-12(18)8-10/h1-8,18H. The molecule has 1 aromatic heterocycles. The fourth-order valence-corrected chi connectivity index (χ4v) is 2.05. The van der Waals surface area contributed by atoms with E-state index in [1.54, 1.807) is 18.2 Å². The summed E-state index contributed by atoms with van der Waals surface area (Å²) in [6.45, 7) is 0. The predicted octanol–water partition coefficient (Wildman–Crippen LogP) is 3.71. The molecule has 0 unspecified atom stereocenters. The number of phenols is 1. The third kappa shape index (κ3) is 2.60. The monoisotopic (exact) mass is 364 g/mol. The van der Waals surface area contributed by atoms with Crippen LogP contribution in [0.3, 0.4) is 0 Å². The van der Waals surface area contributed by atoms with Crippen LogP contribution in [0.5, 0.6) is 5.75 Å². The molecule has 19 heavy (non-hydrogen) atoms. The van der Waals surface area contributed by atoms with Crippen LogP contribution in [0.4, 0.5) is 0 Å². The third-order valence-corrected chi connectivity index (χ3v) is 3.33. The normalized spacial score (nSPS) is 10.6. The minimum Gasteiger partial charge on any atom is -0.508 e. The average Bonchev–Trinajstić information content (AvgIpc) is 2.89.